The van der Waals surface area contributed by atoms with E-state index in [0.717, 1.165) is 36.9 Å². The molecule has 0 spiro atoms. The van der Waals surface area contributed by atoms with Gasteiger partial charge in [-0.2, -0.15) is 15.5 Å². The van der Waals surface area contributed by atoms with Gasteiger partial charge in [0.05, 0.1) is 57.8 Å². The Morgan fingerprint density at radius 3 is 2.74 bits per heavy atom. The highest BCUT2D eigenvalue weighted by Gasteiger charge is 2.28. The van der Waals surface area contributed by atoms with Gasteiger partial charge < -0.3 is 15.7 Å². The fourth-order valence-electron chi connectivity index (χ4n) is 4.93. The largest absolute Gasteiger partial charge is 0.387 e. The van der Waals surface area contributed by atoms with E-state index in [2.05, 4.69) is 37.0 Å². The van der Waals surface area contributed by atoms with Crippen LogP contribution in [-0.4, -0.2) is 60.2 Å². The fourth-order valence-corrected chi connectivity index (χ4v) is 4.93. The molecule has 4 aromatic heterocycles. The smallest absolute Gasteiger partial charge is 0.255 e. The minimum absolute atomic E-state index is 0.132. The summed E-state index contributed by atoms with van der Waals surface area (Å²) in [6.07, 6.45) is 6.90. The number of amides is 1. The maximum absolute atomic E-state index is 14.3. The molecule has 0 aliphatic heterocycles. The van der Waals surface area contributed by atoms with Crippen LogP contribution in [-0.2, 0) is 0 Å². The summed E-state index contributed by atoms with van der Waals surface area (Å²) in [6, 6.07) is 11.5. The molecule has 0 saturated heterocycles. The normalized spacial score (nSPS) is 18.4. The maximum Gasteiger partial charge on any atom is 0.255 e. The summed E-state index contributed by atoms with van der Waals surface area (Å²) >= 11 is 0. The predicted octanol–water partition coefficient (Wildman–Crippen LogP) is 3.97. The van der Waals surface area contributed by atoms with Crippen LogP contribution in [0.4, 0.5) is 10.1 Å². The molecule has 11 heteroatoms. The van der Waals surface area contributed by atoms with Crippen LogP contribution in [0.2, 0.25) is 0 Å². The number of halogens is 1. The van der Waals surface area contributed by atoms with Gasteiger partial charge in [-0.05, 0) is 69.9 Å². The van der Waals surface area contributed by atoms with Crippen LogP contribution in [0.15, 0.2) is 48.9 Å². The Bertz CT molecular complexity index is 1490. The third kappa shape index (κ3) is 5.76. The molecule has 5 rings (SSSR count). The minimum Gasteiger partial charge on any atom is -0.387 e. The van der Waals surface area contributed by atoms with Crippen LogP contribution in [0.5, 0.6) is 0 Å². The number of hydrogen-bond acceptors (Lipinski definition) is 7. The lowest BCUT2D eigenvalue weighted by molar-refractivity contribution is -0.00177. The number of rotatable bonds is 8. The first-order valence-electron chi connectivity index (χ1n) is 13.0. The zero-order chi connectivity index (χ0) is 27.6. The molecular weight excluding hydrogens is 499 g/mol. The number of aromatic nitrogens is 5. The Morgan fingerprint density at radius 1 is 1.26 bits per heavy atom. The Balaban J connectivity index is 1.41. The minimum atomic E-state index is -1.63. The first kappa shape index (κ1) is 26.3. The Hall–Kier alpha value is -4.30. The number of aliphatic hydroxyl groups is 1. The van der Waals surface area contributed by atoms with Crippen LogP contribution in [0.25, 0.3) is 16.9 Å². The van der Waals surface area contributed by atoms with Gasteiger partial charge >= 0.3 is 0 Å². The van der Waals surface area contributed by atoms with Crippen molar-refractivity contribution in [1.29, 1.82) is 5.26 Å². The molecule has 4 N–H and O–H groups in total. The van der Waals surface area contributed by atoms with E-state index in [4.69, 9.17) is 0 Å². The number of nitrogens with one attached hydrogen (secondary N) is 3. The maximum atomic E-state index is 14.3. The molecule has 39 heavy (non-hydrogen) atoms. The van der Waals surface area contributed by atoms with E-state index in [-0.39, 0.29) is 18.2 Å². The van der Waals surface area contributed by atoms with Gasteiger partial charge in [0.15, 0.2) is 0 Å². The van der Waals surface area contributed by atoms with Gasteiger partial charge in [0, 0.05) is 24.4 Å². The Morgan fingerprint density at radius 2 is 2.05 bits per heavy atom. The van der Waals surface area contributed by atoms with Gasteiger partial charge in [0.25, 0.3) is 5.91 Å². The lowest BCUT2D eigenvalue weighted by Crippen LogP contribution is -2.42. The highest BCUT2D eigenvalue weighted by Crippen LogP contribution is 2.34. The third-order valence-corrected chi connectivity index (χ3v) is 7.28. The molecule has 0 unspecified atom stereocenters. The summed E-state index contributed by atoms with van der Waals surface area (Å²) < 4.78 is 16.0. The highest BCUT2D eigenvalue weighted by atomic mass is 19.1. The monoisotopic (exact) mass is 530 g/mol. The molecule has 0 aromatic carbocycles. The zero-order valence-corrected chi connectivity index (χ0v) is 21.9. The number of nitrogens with zero attached hydrogens (tertiary/aromatic N) is 5. The molecule has 1 aliphatic rings. The van der Waals surface area contributed by atoms with E-state index in [1.807, 2.05) is 24.4 Å². The number of nitriles is 1. The van der Waals surface area contributed by atoms with Gasteiger partial charge in [0.1, 0.15) is 12.2 Å². The van der Waals surface area contributed by atoms with Crippen LogP contribution in [0, 0.1) is 11.3 Å². The molecule has 1 amide bonds. The summed E-state index contributed by atoms with van der Waals surface area (Å²) in [5.41, 5.74) is 2.88. The van der Waals surface area contributed by atoms with Crippen molar-refractivity contribution < 1.29 is 14.3 Å². The number of fused-ring (bicyclic) bond motifs is 1. The van der Waals surface area contributed by atoms with E-state index in [0.29, 0.717) is 28.6 Å². The number of aromatic amines is 1. The molecule has 202 valence electrons. The first-order valence-corrected chi connectivity index (χ1v) is 13.0. The van der Waals surface area contributed by atoms with Crippen molar-refractivity contribution in [3.63, 3.8) is 0 Å². The molecule has 0 bridgehead atoms. The summed E-state index contributed by atoms with van der Waals surface area (Å²) in [7, 11) is 0. The van der Waals surface area contributed by atoms with Crippen molar-refractivity contribution in [3.8, 4) is 17.5 Å². The summed E-state index contributed by atoms with van der Waals surface area (Å²) in [6.45, 7) is 2.40. The molecule has 4 aromatic rings. The van der Waals surface area contributed by atoms with E-state index >= 15 is 0 Å². The predicted molar refractivity (Wildman–Crippen MR) is 144 cm³/mol. The quantitative estimate of drug-likeness (QED) is 0.270. The number of carbonyl (C=O) groups excluding carboxylic acids is 1. The molecule has 0 radical (unpaired) electrons. The van der Waals surface area contributed by atoms with E-state index in [1.165, 1.54) is 26.2 Å². The number of pyridine rings is 1. The third-order valence-electron chi connectivity index (χ3n) is 7.28. The molecule has 1 atom stereocenters. The SMILES string of the molecule is CC(C)(O)[C@H](F)CNC(=O)c1cnc(-c2ccc3cc(C#N)cnn23)cc1NC1CCC(c2cc[nH]n2)CC1. The number of carbonyl (C=O) groups is 1. The number of hydrogen-bond donors (Lipinski definition) is 4. The van der Waals surface area contributed by atoms with Crippen molar-refractivity contribution in [2.24, 2.45) is 0 Å². The molecule has 1 aliphatic carbocycles. The Labute approximate surface area is 225 Å². The van der Waals surface area contributed by atoms with Gasteiger partial charge in [-0.15, -0.1) is 0 Å². The molecule has 1 fully saturated rings. The lowest BCUT2D eigenvalue weighted by atomic mass is 9.84. The second-order valence-corrected chi connectivity index (χ2v) is 10.5. The summed E-state index contributed by atoms with van der Waals surface area (Å²) in [5.74, 6) is -0.0877. The number of alkyl halides is 1. The molecule has 1 saturated carbocycles. The van der Waals surface area contributed by atoms with E-state index in [1.54, 1.807) is 16.6 Å². The van der Waals surface area contributed by atoms with Crippen molar-refractivity contribution in [1.82, 2.24) is 30.1 Å². The first-order chi connectivity index (χ1) is 18.7. The van der Waals surface area contributed by atoms with Gasteiger partial charge in [0.2, 0.25) is 0 Å². The average molecular weight is 531 g/mol. The second-order valence-electron chi connectivity index (χ2n) is 10.5. The van der Waals surface area contributed by atoms with Gasteiger partial charge in [-0.1, -0.05) is 0 Å². The van der Waals surface area contributed by atoms with Crippen LogP contribution < -0.4 is 10.6 Å². The highest BCUT2D eigenvalue weighted by molar-refractivity contribution is 6.00. The van der Waals surface area contributed by atoms with Crippen LogP contribution in [0.3, 0.4) is 0 Å². The number of H-pyrrole nitrogens is 1. The lowest BCUT2D eigenvalue weighted by Gasteiger charge is -2.29. The van der Waals surface area contributed by atoms with E-state index < -0.39 is 17.7 Å². The summed E-state index contributed by atoms with van der Waals surface area (Å²) in [4.78, 5) is 17.7. The average Bonchev–Trinajstić information content (AvgIpc) is 3.61. The topological polar surface area (TPSA) is 144 Å². The van der Waals surface area contributed by atoms with Crippen molar-refractivity contribution in [2.45, 2.75) is 63.3 Å². The van der Waals surface area contributed by atoms with Crippen molar-refractivity contribution in [3.05, 3.63) is 65.7 Å². The van der Waals surface area contributed by atoms with Crippen LogP contribution >= 0.6 is 0 Å². The van der Waals surface area contributed by atoms with Crippen LogP contribution in [0.1, 0.15) is 67.1 Å². The van der Waals surface area contributed by atoms with E-state index in [9.17, 15) is 19.6 Å². The molecular formula is C28H31FN8O2. The standard InChI is InChI=1S/C28H31FN8O2/c1-28(2,39)26(29)16-32-27(38)21-15-31-24(25-8-7-20-11-17(13-30)14-34-37(20)25)12-23(21)35-19-5-3-18(4-6-19)22-9-10-33-36-22/h7-12,14-15,18-19,26,39H,3-6,16H2,1-2H3,(H,31,35)(H,32,38)(H,33,36)/t18?,19?,26-/m1/s1. The van der Waals surface area contributed by atoms with Gasteiger partial charge in [-0.3, -0.25) is 14.9 Å². The van der Waals surface area contributed by atoms with Crippen molar-refractivity contribution in [2.75, 3.05) is 11.9 Å². The number of anilines is 1. The van der Waals surface area contributed by atoms with Gasteiger partial charge in [-0.25, -0.2) is 8.91 Å². The zero-order valence-electron chi connectivity index (χ0n) is 21.9. The molecule has 4 heterocycles. The van der Waals surface area contributed by atoms with Crippen molar-refractivity contribution >= 4 is 17.1 Å². The Kier molecular flexibility index (Phi) is 7.30. The fraction of sp³-hybridized carbons (Fsp3) is 0.393. The summed E-state index contributed by atoms with van der Waals surface area (Å²) in [5, 5.41) is 36.8. The second kappa shape index (κ2) is 10.8. The molecule has 10 nitrogen and oxygen atoms in total.